The van der Waals surface area contributed by atoms with Crippen LogP contribution in [0.4, 0.5) is 0 Å². The monoisotopic (exact) mass is 218 g/mol. The minimum Gasteiger partial charge on any atom is -0.512 e. The third kappa shape index (κ3) is 2.72. The van der Waals surface area contributed by atoms with Crippen LogP contribution in [0.5, 0.6) is 0 Å². The van der Waals surface area contributed by atoms with E-state index in [1.165, 1.54) is 19.4 Å². The zero-order valence-electron chi connectivity index (χ0n) is 10.2. The molecule has 0 saturated carbocycles. The number of carbonyl (C=O) groups excluding carboxylic acids is 1. The van der Waals surface area contributed by atoms with E-state index in [-0.39, 0.29) is 11.5 Å². The number of hydrogen-bond acceptors (Lipinski definition) is 2. The van der Waals surface area contributed by atoms with E-state index in [1.54, 1.807) is 0 Å². The fourth-order valence-electron chi connectivity index (χ4n) is 1.70. The predicted octanol–water partition coefficient (Wildman–Crippen LogP) is 3.69. The van der Waals surface area contributed by atoms with Gasteiger partial charge in [-0.15, -0.1) is 0 Å². The van der Waals surface area contributed by atoms with Crippen LogP contribution in [0.2, 0.25) is 0 Å². The average Bonchev–Trinajstić information content (AvgIpc) is 2.17. The zero-order valence-corrected chi connectivity index (χ0v) is 10.2. The lowest BCUT2D eigenvalue weighted by atomic mass is 9.97. The van der Waals surface area contributed by atoms with Gasteiger partial charge >= 0.3 is 0 Å². The van der Waals surface area contributed by atoms with Gasteiger partial charge in [0.1, 0.15) is 5.76 Å². The highest BCUT2D eigenvalue weighted by Crippen LogP contribution is 2.21. The number of allylic oxidation sites excluding steroid dienone is 2. The highest BCUT2D eigenvalue weighted by atomic mass is 16.3. The summed E-state index contributed by atoms with van der Waals surface area (Å²) < 4.78 is 0. The maximum absolute atomic E-state index is 11.4. The molecule has 0 unspecified atom stereocenters. The van der Waals surface area contributed by atoms with Crippen LogP contribution in [0.25, 0.3) is 5.57 Å². The van der Waals surface area contributed by atoms with Gasteiger partial charge < -0.3 is 5.11 Å². The topological polar surface area (TPSA) is 37.3 Å². The average molecular weight is 218 g/mol. The van der Waals surface area contributed by atoms with Crippen molar-refractivity contribution >= 4 is 11.4 Å². The Morgan fingerprint density at radius 2 is 1.62 bits per heavy atom. The summed E-state index contributed by atoms with van der Waals surface area (Å²) >= 11 is 0. The smallest absolute Gasteiger partial charge is 0.163 e. The highest BCUT2D eigenvalue weighted by Gasteiger charge is 2.11. The molecule has 1 aromatic rings. The molecule has 1 rings (SSSR count). The summed E-state index contributed by atoms with van der Waals surface area (Å²) in [6.07, 6.45) is 0. The summed E-state index contributed by atoms with van der Waals surface area (Å²) in [4.78, 5) is 11.4. The van der Waals surface area contributed by atoms with E-state index in [2.05, 4.69) is 13.8 Å². The van der Waals surface area contributed by atoms with Crippen molar-refractivity contribution in [3.63, 3.8) is 0 Å². The quantitative estimate of drug-likeness (QED) is 0.620. The van der Waals surface area contributed by atoms with Crippen molar-refractivity contribution in [3.8, 4) is 0 Å². The molecule has 0 fully saturated rings. The third-order valence-corrected chi connectivity index (χ3v) is 2.58. The Morgan fingerprint density at radius 3 is 1.94 bits per heavy atom. The van der Waals surface area contributed by atoms with Gasteiger partial charge in [-0.1, -0.05) is 38.1 Å². The fraction of sp³-hybridized carbons (Fsp3) is 0.357. The molecule has 0 radical (unpaired) electrons. The molecule has 86 valence electrons. The Labute approximate surface area is 96.6 Å². The second-order valence-corrected chi connectivity index (χ2v) is 4.29. The molecule has 0 amide bonds. The summed E-state index contributed by atoms with van der Waals surface area (Å²) in [7, 11) is 0. The molecule has 0 heterocycles. The van der Waals surface area contributed by atoms with E-state index in [0.717, 1.165) is 5.56 Å². The van der Waals surface area contributed by atoms with Crippen molar-refractivity contribution in [1.29, 1.82) is 0 Å². The summed E-state index contributed by atoms with van der Waals surface area (Å²) in [5.41, 5.74) is 2.40. The first kappa shape index (κ1) is 12.5. The van der Waals surface area contributed by atoms with E-state index >= 15 is 0 Å². The van der Waals surface area contributed by atoms with Crippen molar-refractivity contribution in [2.45, 2.75) is 33.6 Å². The SMILES string of the molecule is CC(=O)/C(=C(/C)O)c1ccc(C(C)C)cc1. The van der Waals surface area contributed by atoms with Gasteiger partial charge in [-0.25, -0.2) is 0 Å². The van der Waals surface area contributed by atoms with Gasteiger partial charge in [0.25, 0.3) is 0 Å². The standard InChI is InChI=1S/C14H18O2/c1-9(2)12-5-7-13(8-6-12)14(10(3)15)11(4)16/h5-9,15H,1-4H3/b14-10+. The number of hydrogen-bond donors (Lipinski definition) is 1. The lowest BCUT2D eigenvalue weighted by Crippen LogP contribution is -1.99. The second kappa shape index (κ2) is 4.97. The van der Waals surface area contributed by atoms with Gasteiger partial charge in [-0.3, -0.25) is 4.79 Å². The molecular formula is C14H18O2. The second-order valence-electron chi connectivity index (χ2n) is 4.29. The lowest BCUT2D eigenvalue weighted by Gasteiger charge is -2.08. The van der Waals surface area contributed by atoms with Gasteiger partial charge in [-0.05, 0) is 30.9 Å². The van der Waals surface area contributed by atoms with E-state index in [9.17, 15) is 9.90 Å². The molecule has 2 nitrogen and oxygen atoms in total. The Bertz CT molecular complexity index is 407. The molecule has 0 spiro atoms. The Balaban J connectivity index is 3.15. The van der Waals surface area contributed by atoms with Crippen LogP contribution in [0.3, 0.4) is 0 Å². The highest BCUT2D eigenvalue weighted by molar-refractivity contribution is 6.20. The van der Waals surface area contributed by atoms with Gasteiger partial charge in [0.15, 0.2) is 5.78 Å². The van der Waals surface area contributed by atoms with Crippen LogP contribution < -0.4 is 0 Å². The van der Waals surface area contributed by atoms with E-state index in [0.29, 0.717) is 11.5 Å². The predicted molar refractivity (Wildman–Crippen MR) is 66.4 cm³/mol. The summed E-state index contributed by atoms with van der Waals surface area (Å²) in [6.45, 7) is 7.24. The first-order valence-corrected chi connectivity index (χ1v) is 5.44. The van der Waals surface area contributed by atoms with E-state index < -0.39 is 0 Å². The molecule has 0 bridgehead atoms. The maximum atomic E-state index is 11.4. The van der Waals surface area contributed by atoms with Gasteiger partial charge in [0.05, 0.1) is 5.57 Å². The van der Waals surface area contributed by atoms with Crippen LogP contribution in [-0.4, -0.2) is 10.9 Å². The van der Waals surface area contributed by atoms with E-state index in [4.69, 9.17) is 0 Å². The molecule has 0 aliphatic heterocycles. The molecule has 0 saturated heterocycles. The summed E-state index contributed by atoms with van der Waals surface area (Å²) in [5.74, 6) is 0.427. The van der Waals surface area contributed by atoms with Crippen LogP contribution in [0.15, 0.2) is 30.0 Å². The zero-order chi connectivity index (χ0) is 12.3. The Hall–Kier alpha value is -1.57. The maximum Gasteiger partial charge on any atom is 0.163 e. The van der Waals surface area contributed by atoms with Crippen LogP contribution in [0, 0.1) is 0 Å². The molecule has 2 heteroatoms. The van der Waals surface area contributed by atoms with E-state index in [1.807, 2.05) is 24.3 Å². The van der Waals surface area contributed by atoms with Crippen molar-refractivity contribution in [3.05, 3.63) is 41.2 Å². The molecule has 0 aliphatic rings. The van der Waals surface area contributed by atoms with Gasteiger partial charge in [0, 0.05) is 0 Å². The van der Waals surface area contributed by atoms with Crippen molar-refractivity contribution in [1.82, 2.24) is 0 Å². The Kier molecular flexibility index (Phi) is 3.88. The summed E-state index contributed by atoms with van der Waals surface area (Å²) in [5, 5.41) is 9.47. The minimum absolute atomic E-state index is 0.0739. The number of aliphatic hydroxyl groups excluding tert-OH is 1. The van der Waals surface area contributed by atoms with Crippen molar-refractivity contribution < 1.29 is 9.90 Å². The largest absolute Gasteiger partial charge is 0.512 e. The number of rotatable bonds is 3. The minimum atomic E-state index is -0.114. The lowest BCUT2D eigenvalue weighted by molar-refractivity contribution is -0.111. The molecule has 16 heavy (non-hydrogen) atoms. The molecule has 1 N–H and O–H groups in total. The fourth-order valence-corrected chi connectivity index (χ4v) is 1.70. The molecule has 0 atom stereocenters. The van der Waals surface area contributed by atoms with Crippen molar-refractivity contribution in [2.75, 3.05) is 0 Å². The number of aliphatic hydroxyl groups is 1. The number of carbonyl (C=O) groups is 1. The molecule has 1 aromatic carbocycles. The van der Waals surface area contributed by atoms with Gasteiger partial charge in [0.2, 0.25) is 0 Å². The molecular weight excluding hydrogens is 200 g/mol. The van der Waals surface area contributed by atoms with Crippen LogP contribution in [0.1, 0.15) is 44.7 Å². The Morgan fingerprint density at radius 1 is 1.12 bits per heavy atom. The summed E-state index contributed by atoms with van der Waals surface area (Å²) in [6, 6.07) is 7.75. The number of benzene rings is 1. The molecule has 0 aromatic heterocycles. The molecule has 0 aliphatic carbocycles. The first-order valence-electron chi connectivity index (χ1n) is 5.44. The van der Waals surface area contributed by atoms with Crippen LogP contribution >= 0.6 is 0 Å². The number of ketones is 1. The normalized spacial score (nSPS) is 12.6. The third-order valence-electron chi connectivity index (χ3n) is 2.58. The van der Waals surface area contributed by atoms with Crippen molar-refractivity contribution in [2.24, 2.45) is 0 Å². The first-order chi connectivity index (χ1) is 7.43. The van der Waals surface area contributed by atoms with Gasteiger partial charge in [-0.2, -0.15) is 0 Å². The number of Topliss-reactive ketones (excluding diaryl/α,β-unsaturated/α-hetero) is 1. The van der Waals surface area contributed by atoms with Crippen LogP contribution in [-0.2, 0) is 4.79 Å².